The number of fused-ring (bicyclic) bond motifs is 2. The Balaban J connectivity index is 2.00. The first-order chi connectivity index (χ1) is 14.8. The molecule has 1 atom stereocenters. The van der Waals surface area contributed by atoms with Crippen LogP contribution in [0.15, 0.2) is 73.3 Å². The van der Waals surface area contributed by atoms with Crippen molar-refractivity contribution in [2.75, 3.05) is 37.5 Å². The van der Waals surface area contributed by atoms with Gasteiger partial charge in [0.25, 0.3) is 0 Å². The molecule has 1 heterocycles. The van der Waals surface area contributed by atoms with Crippen molar-refractivity contribution in [2.24, 2.45) is 0 Å². The number of hydrogen-bond acceptors (Lipinski definition) is 2. The van der Waals surface area contributed by atoms with Crippen molar-refractivity contribution in [3.05, 3.63) is 95.6 Å². The molecule has 0 saturated heterocycles. The fourth-order valence-electron chi connectivity index (χ4n) is 5.05. The monoisotopic (exact) mass is 426 g/mol. The molecule has 3 aromatic carbocycles. The summed E-state index contributed by atoms with van der Waals surface area (Å²) in [5, 5.41) is 3.11. The molecule has 3 aromatic rings. The third-order valence-corrected chi connectivity index (χ3v) is 10.5. The zero-order valence-corrected chi connectivity index (χ0v) is 20.7. The number of rotatable bonds is 5. The van der Waals surface area contributed by atoms with E-state index in [2.05, 4.69) is 118 Å². The van der Waals surface area contributed by atoms with Crippen molar-refractivity contribution in [1.29, 1.82) is 0 Å². The van der Waals surface area contributed by atoms with Crippen LogP contribution >= 0.6 is 0 Å². The number of aryl methyl sites for hydroxylation is 1. The quantitative estimate of drug-likeness (QED) is 0.418. The molecule has 1 aliphatic rings. The number of hydrogen-bond donors (Lipinski definition) is 0. The van der Waals surface area contributed by atoms with Crippen LogP contribution in [0.2, 0.25) is 13.1 Å². The molecule has 0 aromatic heterocycles. The van der Waals surface area contributed by atoms with Gasteiger partial charge < -0.3 is 9.80 Å². The minimum atomic E-state index is -1.88. The van der Waals surface area contributed by atoms with Gasteiger partial charge in [0.2, 0.25) is 0 Å². The normalized spacial score (nSPS) is 16.3. The average Bonchev–Trinajstić information content (AvgIpc) is 2.75. The van der Waals surface area contributed by atoms with Crippen molar-refractivity contribution in [1.82, 2.24) is 0 Å². The van der Waals surface area contributed by atoms with Gasteiger partial charge in [-0.05, 0) is 63.8 Å². The van der Waals surface area contributed by atoms with E-state index < -0.39 is 8.07 Å². The molecule has 160 valence electrons. The average molecular weight is 427 g/mol. The maximum absolute atomic E-state index is 3.92. The molecule has 0 N–H and O–H groups in total. The highest BCUT2D eigenvalue weighted by Gasteiger charge is 2.40. The lowest BCUT2D eigenvalue weighted by Crippen LogP contribution is -2.59. The van der Waals surface area contributed by atoms with E-state index in [0.717, 1.165) is 6.54 Å². The van der Waals surface area contributed by atoms with E-state index in [-0.39, 0.29) is 5.92 Å². The van der Waals surface area contributed by atoms with Gasteiger partial charge >= 0.3 is 0 Å². The molecule has 0 aliphatic carbocycles. The fourth-order valence-corrected chi connectivity index (χ4v) is 8.25. The van der Waals surface area contributed by atoms with Crippen LogP contribution in [-0.2, 0) is 0 Å². The Kier molecular flexibility index (Phi) is 5.57. The van der Waals surface area contributed by atoms with Gasteiger partial charge in [-0.1, -0.05) is 55.6 Å². The van der Waals surface area contributed by atoms with Gasteiger partial charge in [0.15, 0.2) is 0 Å². The van der Waals surface area contributed by atoms with Crippen LogP contribution in [0.3, 0.4) is 0 Å². The van der Waals surface area contributed by atoms with E-state index in [1.54, 1.807) is 10.4 Å². The molecule has 3 heteroatoms. The van der Waals surface area contributed by atoms with Crippen LogP contribution in [0.4, 0.5) is 11.4 Å². The number of likely N-dealkylation sites (N-methyl/N-ethyl adjacent to an activating group) is 1. The molecule has 1 unspecified atom stereocenters. The van der Waals surface area contributed by atoms with Gasteiger partial charge in [-0.25, -0.2) is 0 Å². The Hall–Kier alpha value is -2.78. The fraction of sp³-hybridized carbons (Fsp3) is 0.286. The first kappa shape index (κ1) is 21.4. The van der Waals surface area contributed by atoms with E-state index in [9.17, 15) is 0 Å². The van der Waals surface area contributed by atoms with E-state index in [0.29, 0.717) is 0 Å². The highest BCUT2D eigenvalue weighted by molar-refractivity contribution is 7.01. The van der Waals surface area contributed by atoms with Crippen molar-refractivity contribution in [3.8, 4) is 0 Å². The topological polar surface area (TPSA) is 6.48 Å². The molecule has 31 heavy (non-hydrogen) atoms. The Bertz CT molecular complexity index is 1130. The first-order valence-corrected chi connectivity index (χ1v) is 14.1. The molecular formula is C28H34N2Si. The first-order valence-electron chi connectivity index (χ1n) is 11.1. The van der Waals surface area contributed by atoms with Crippen LogP contribution in [-0.4, -0.2) is 35.8 Å². The van der Waals surface area contributed by atoms with Gasteiger partial charge in [-0.2, -0.15) is 0 Å². The Labute approximate surface area is 188 Å². The van der Waals surface area contributed by atoms with Crippen molar-refractivity contribution < 1.29 is 0 Å². The minimum absolute atomic E-state index is 0.279. The van der Waals surface area contributed by atoms with Crippen LogP contribution < -0.4 is 20.2 Å². The van der Waals surface area contributed by atoms with Gasteiger partial charge in [-0.15, -0.1) is 6.58 Å². The summed E-state index contributed by atoms with van der Waals surface area (Å²) in [4.78, 5) is 4.50. The Morgan fingerprint density at radius 2 is 1.42 bits per heavy atom. The summed E-state index contributed by atoms with van der Waals surface area (Å²) in [5.74, 6) is 0.279. The predicted octanol–water partition coefficient (Wildman–Crippen LogP) is 5.00. The summed E-state index contributed by atoms with van der Waals surface area (Å²) in [6.07, 6.45) is 1.97. The van der Waals surface area contributed by atoms with Crippen LogP contribution in [0, 0.1) is 6.92 Å². The lowest BCUT2D eigenvalue weighted by molar-refractivity contribution is 0.962. The Morgan fingerprint density at radius 3 is 2.00 bits per heavy atom. The summed E-state index contributed by atoms with van der Waals surface area (Å²) in [6.45, 7) is 12.0. The summed E-state index contributed by atoms with van der Waals surface area (Å²) >= 11 is 0. The van der Waals surface area contributed by atoms with Crippen LogP contribution in [0.25, 0.3) is 0 Å². The molecule has 1 aliphatic heterocycles. The third-order valence-electron chi connectivity index (χ3n) is 6.90. The second-order valence-corrected chi connectivity index (χ2v) is 13.8. The maximum atomic E-state index is 3.92. The molecule has 0 amide bonds. The standard InChI is InChI=1S/C28H34N2Si/c1-8-17-30(5)22-14-16-25-27(19-22)31(6,7)26-18-21(29(3)4)13-15-24(26)28(25)23-12-10-9-11-20(23)2/h8-16,18-19,28H,1,17H2,2-7H3. The molecular weight excluding hydrogens is 392 g/mol. The summed E-state index contributed by atoms with van der Waals surface area (Å²) in [5.41, 5.74) is 8.29. The van der Waals surface area contributed by atoms with Gasteiger partial charge in [-0.3, -0.25) is 0 Å². The van der Waals surface area contributed by atoms with E-state index in [1.807, 2.05) is 6.08 Å². The minimum Gasteiger partial charge on any atom is -0.378 e. The molecule has 0 spiro atoms. The van der Waals surface area contributed by atoms with Crippen molar-refractivity contribution in [2.45, 2.75) is 25.9 Å². The summed E-state index contributed by atoms with van der Waals surface area (Å²) < 4.78 is 0. The summed E-state index contributed by atoms with van der Waals surface area (Å²) in [7, 11) is 4.54. The second-order valence-electron chi connectivity index (χ2n) is 9.52. The molecule has 4 rings (SSSR count). The summed E-state index contributed by atoms with van der Waals surface area (Å²) in [6, 6.07) is 23.1. The number of anilines is 2. The number of nitrogens with zero attached hydrogens (tertiary/aromatic N) is 2. The van der Waals surface area contributed by atoms with Gasteiger partial charge in [0.1, 0.15) is 8.07 Å². The number of benzene rings is 3. The van der Waals surface area contributed by atoms with Gasteiger partial charge in [0.05, 0.1) is 0 Å². The second kappa shape index (κ2) is 8.05. The predicted molar refractivity (Wildman–Crippen MR) is 140 cm³/mol. The lowest BCUT2D eigenvalue weighted by atomic mass is 9.82. The highest BCUT2D eigenvalue weighted by atomic mass is 28.3. The van der Waals surface area contributed by atoms with E-state index in [1.165, 1.54) is 33.6 Å². The highest BCUT2D eigenvalue weighted by Crippen LogP contribution is 2.38. The molecule has 0 radical (unpaired) electrons. The van der Waals surface area contributed by atoms with Crippen LogP contribution in [0.5, 0.6) is 0 Å². The largest absolute Gasteiger partial charge is 0.378 e. The van der Waals surface area contributed by atoms with Gasteiger partial charge in [0, 0.05) is 45.0 Å². The van der Waals surface area contributed by atoms with Crippen molar-refractivity contribution >= 4 is 29.8 Å². The van der Waals surface area contributed by atoms with Crippen molar-refractivity contribution in [3.63, 3.8) is 0 Å². The molecule has 0 bridgehead atoms. The zero-order valence-electron chi connectivity index (χ0n) is 19.7. The lowest BCUT2D eigenvalue weighted by Gasteiger charge is -2.40. The van der Waals surface area contributed by atoms with E-state index in [4.69, 9.17) is 0 Å². The third kappa shape index (κ3) is 3.61. The smallest absolute Gasteiger partial charge is 0.113 e. The molecule has 0 saturated carbocycles. The Morgan fingerprint density at radius 1 is 0.839 bits per heavy atom. The molecule has 2 nitrogen and oxygen atoms in total. The SMILES string of the molecule is C=CCN(C)c1ccc2c(c1)[Si](C)(C)c1cc(N(C)C)ccc1C2c1ccccc1C. The molecule has 0 fully saturated rings. The van der Waals surface area contributed by atoms with Crippen LogP contribution in [0.1, 0.15) is 28.2 Å². The maximum Gasteiger partial charge on any atom is 0.113 e. The van der Waals surface area contributed by atoms with E-state index >= 15 is 0 Å². The zero-order chi connectivity index (χ0) is 22.3.